The van der Waals surface area contributed by atoms with Crippen LogP contribution in [0.25, 0.3) is 11.4 Å². The van der Waals surface area contributed by atoms with Crippen molar-refractivity contribution >= 4 is 11.7 Å². The van der Waals surface area contributed by atoms with Crippen molar-refractivity contribution in [2.75, 3.05) is 19.5 Å². The van der Waals surface area contributed by atoms with Gasteiger partial charge < -0.3 is 29.2 Å². The number of nitriles is 1. The largest absolute Gasteiger partial charge is 0.548 e. The zero-order valence-electron chi connectivity index (χ0n) is 15.9. The molecule has 0 spiro atoms. The number of hydrogen-bond donors (Lipinski definition) is 1. The van der Waals surface area contributed by atoms with Crippen LogP contribution in [0.15, 0.2) is 40.9 Å². The minimum absolute atomic E-state index is 0.200. The van der Waals surface area contributed by atoms with Crippen LogP contribution in [0, 0.1) is 18.3 Å². The molecular weight excluding hydrogens is 376 g/mol. The molecule has 1 atom stereocenters. The predicted molar refractivity (Wildman–Crippen MR) is 100 cm³/mol. The quantitative estimate of drug-likeness (QED) is 0.638. The van der Waals surface area contributed by atoms with Crippen LogP contribution < -0.4 is 19.9 Å². The fraction of sp³-hybridized carbons (Fsp3) is 0.200. The molecular formula is C20H17N4O5-. The van der Waals surface area contributed by atoms with Gasteiger partial charge >= 0.3 is 0 Å². The topological polar surface area (TPSA) is 133 Å². The number of nitrogens with zero attached hydrogens (tertiary/aromatic N) is 3. The van der Waals surface area contributed by atoms with Gasteiger partial charge in [0.2, 0.25) is 11.7 Å². The van der Waals surface area contributed by atoms with Gasteiger partial charge in [-0.15, -0.1) is 0 Å². The minimum Gasteiger partial charge on any atom is -0.548 e. The summed E-state index contributed by atoms with van der Waals surface area (Å²) in [4.78, 5) is 16.2. The van der Waals surface area contributed by atoms with Crippen molar-refractivity contribution in [3.05, 3.63) is 53.4 Å². The van der Waals surface area contributed by atoms with E-state index in [9.17, 15) is 9.90 Å². The average Bonchev–Trinajstić information content (AvgIpc) is 3.17. The van der Waals surface area contributed by atoms with E-state index < -0.39 is 12.0 Å². The first-order valence-electron chi connectivity index (χ1n) is 8.51. The molecule has 0 saturated heterocycles. The first kappa shape index (κ1) is 19.7. The van der Waals surface area contributed by atoms with Gasteiger partial charge in [0.15, 0.2) is 11.5 Å². The van der Waals surface area contributed by atoms with E-state index in [4.69, 9.17) is 19.3 Å². The highest BCUT2D eigenvalue weighted by Crippen LogP contribution is 2.38. The van der Waals surface area contributed by atoms with E-state index in [-0.39, 0.29) is 5.82 Å². The van der Waals surface area contributed by atoms with Gasteiger partial charge in [0.25, 0.3) is 0 Å². The molecule has 3 aromatic rings. The van der Waals surface area contributed by atoms with Crippen molar-refractivity contribution in [1.82, 2.24) is 10.1 Å². The monoisotopic (exact) mass is 393 g/mol. The fourth-order valence-corrected chi connectivity index (χ4v) is 2.81. The van der Waals surface area contributed by atoms with E-state index >= 15 is 0 Å². The number of carbonyl (C=O) groups excluding carboxylic acids is 1. The van der Waals surface area contributed by atoms with Crippen LogP contribution in [0.4, 0.5) is 5.69 Å². The van der Waals surface area contributed by atoms with Crippen LogP contribution in [0.2, 0.25) is 0 Å². The van der Waals surface area contributed by atoms with E-state index in [0.29, 0.717) is 39.8 Å². The lowest BCUT2D eigenvalue weighted by atomic mass is 9.98. The number of carbonyl (C=O) groups is 1. The molecule has 3 rings (SSSR count). The smallest absolute Gasteiger partial charge is 0.223 e. The third-order valence-corrected chi connectivity index (χ3v) is 4.20. The third-order valence-electron chi connectivity index (χ3n) is 4.20. The molecule has 1 N–H and O–H groups in total. The molecule has 0 aliphatic rings. The van der Waals surface area contributed by atoms with E-state index in [0.717, 1.165) is 0 Å². The summed E-state index contributed by atoms with van der Waals surface area (Å²) in [5, 5.41) is 27.7. The maximum absolute atomic E-state index is 12.0. The van der Waals surface area contributed by atoms with Crippen LogP contribution in [0.5, 0.6) is 11.5 Å². The molecule has 1 unspecified atom stereocenters. The molecule has 1 heterocycles. The number of rotatable bonds is 7. The van der Waals surface area contributed by atoms with E-state index in [1.165, 1.54) is 20.3 Å². The molecule has 2 aromatic carbocycles. The molecule has 0 amide bonds. The van der Waals surface area contributed by atoms with Crippen molar-refractivity contribution < 1.29 is 23.9 Å². The number of hydrogen-bond acceptors (Lipinski definition) is 9. The van der Waals surface area contributed by atoms with Gasteiger partial charge in [-0.1, -0.05) is 5.16 Å². The second-order valence-corrected chi connectivity index (χ2v) is 6.02. The van der Waals surface area contributed by atoms with Gasteiger partial charge in [-0.25, -0.2) is 0 Å². The summed E-state index contributed by atoms with van der Waals surface area (Å²) in [5.41, 5.74) is 1.63. The number of methoxy groups -OCH3 is 2. The Bertz CT molecular complexity index is 1070. The van der Waals surface area contributed by atoms with E-state index in [2.05, 4.69) is 15.5 Å². The van der Waals surface area contributed by atoms with Gasteiger partial charge in [-0.2, -0.15) is 10.2 Å². The highest BCUT2D eigenvalue weighted by molar-refractivity contribution is 5.82. The second-order valence-electron chi connectivity index (χ2n) is 6.02. The number of benzene rings is 2. The Balaban J connectivity index is 2.12. The van der Waals surface area contributed by atoms with Crippen LogP contribution in [0.3, 0.4) is 0 Å². The lowest BCUT2D eigenvalue weighted by molar-refractivity contribution is -0.307. The molecule has 0 aliphatic carbocycles. The average molecular weight is 393 g/mol. The number of anilines is 1. The van der Waals surface area contributed by atoms with Crippen molar-refractivity contribution in [1.29, 1.82) is 5.26 Å². The summed E-state index contributed by atoms with van der Waals surface area (Å²) in [5.74, 6) is -0.135. The van der Waals surface area contributed by atoms with Crippen molar-refractivity contribution in [3.63, 3.8) is 0 Å². The van der Waals surface area contributed by atoms with Crippen LogP contribution >= 0.6 is 0 Å². The number of aryl methyl sites for hydroxylation is 1. The van der Waals surface area contributed by atoms with Gasteiger partial charge in [0, 0.05) is 18.2 Å². The fourth-order valence-electron chi connectivity index (χ4n) is 2.81. The molecule has 0 aliphatic heterocycles. The molecule has 9 nitrogen and oxygen atoms in total. The van der Waals surface area contributed by atoms with Crippen LogP contribution in [-0.4, -0.2) is 30.3 Å². The van der Waals surface area contributed by atoms with Crippen LogP contribution in [0.1, 0.15) is 23.1 Å². The summed E-state index contributed by atoms with van der Waals surface area (Å²) >= 11 is 0. The standard InChI is InChI=1S/C20H18N4O5/c1-11-22-19(24-29-11)15-9-17(28-3)16(27-2)8-14(15)18(20(25)26)23-13-6-4-12(10-21)5-7-13/h4-9,18,23H,1-3H3,(H,25,26)/p-1. The normalized spacial score (nSPS) is 11.4. The van der Waals surface area contributed by atoms with Gasteiger partial charge in [-0.05, 0) is 42.0 Å². The van der Waals surface area contributed by atoms with Crippen molar-refractivity contribution in [2.45, 2.75) is 13.0 Å². The highest BCUT2D eigenvalue weighted by Gasteiger charge is 2.24. The zero-order chi connectivity index (χ0) is 21.0. The minimum atomic E-state index is -1.37. The summed E-state index contributed by atoms with van der Waals surface area (Å²) < 4.78 is 15.7. The Morgan fingerprint density at radius 1 is 1.21 bits per heavy atom. The second kappa shape index (κ2) is 8.31. The summed E-state index contributed by atoms with van der Waals surface area (Å²) in [6, 6.07) is 10.2. The third kappa shape index (κ3) is 4.11. The maximum Gasteiger partial charge on any atom is 0.223 e. The molecule has 0 bridgehead atoms. The van der Waals surface area contributed by atoms with Crippen LogP contribution in [-0.2, 0) is 4.79 Å². The lowest BCUT2D eigenvalue weighted by Crippen LogP contribution is -2.34. The number of carboxylic acids is 1. The Morgan fingerprint density at radius 2 is 1.86 bits per heavy atom. The van der Waals surface area contributed by atoms with Gasteiger partial charge in [-0.3, -0.25) is 0 Å². The van der Waals surface area contributed by atoms with Crippen molar-refractivity contribution in [2.24, 2.45) is 0 Å². The van der Waals surface area contributed by atoms with E-state index in [1.807, 2.05) is 6.07 Å². The molecule has 29 heavy (non-hydrogen) atoms. The molecule has 0 saturated carbocycles. The number of carboxylic acid groups (broad SMARTS) is 1. The number of aromatic nitrogens is 2. The Labute approximate surface area is 166 Å². The zero-order valence-corrected chi connectivity index (χ0v) is 15.9. The summed E-state index contributed by atoms with van der Waals surface area (Å²) in [7, 11) is 2.91. The SMILES string of the molecule is COc1cc(-c2noc(C)n2)c(C(Nc2ccc(C#N)cc2)C(=O)[O-])cc1OC. The first-order chi connectivity index (χ1) is 14.0. The molecule has 0 radical (unpaired) electrons. The van der Waals surface area contributed by atoms with Gasteiger partial charge in [0.1, 0.15) is 0 Å². The number of aliphatic carboxylic acids is 1. The lowest BCUT2D eigenvalue weighted by Gasteiger charge is -2.24. The Kier molecular flexibility index (Phi) is 5.64. The predicted octanol–water partition coefficient (Wildman–Crippen LogP) is 1.84. The number of ether oxygens (including phenoxy) is 2. The number of nitrogens with one attached hydrogen (secondary N) is 1. The Hall–Kier alpha value is -4.06. The Morgan fingerprint density at radius 3 is 2.38 bits per heavy atom. The summed E-state index contributed by atoms with van der Waals surface area (Å²) in [6.45, 7) is 1.63. The molecule has 148 valence electrons. The van der Waals surface area contributed by atoms with Crippen molar-refractivity contribution in [3.8, 4) is 29.0 Å². The molecule has 9 heteroatoms. The maximum atomic E-state index is 12.0. The molecule has 0 fully saturated rings. The van der Waals surface area contributed by atoms with Gasteiger partial charge in [0.05, 0.1) is 37.9 Å². The highest BCUT2D eigenvalue weighted by atomic mass is 16.5. The van der Waals surface area contributed by atoms with E-state index in [1.54, 1.807) is 37.3 Å². The summed E-state index contributed by atoms with van der Waals surface area (Å²) in [6.07, 6.45) is 0. The molecule has 1 aromatic heterocycles. The first-order valence-corrected chi connectivity index (χ1v) is 8.51.